The Morgan fingerprint density at radius 1 is 1.17 bits per heavy atom. The Morgan fingerprint density at radius 3 is 2.59 bits per heavy atom. The van der Waals surface area contributed by atoms with Crippen LogP contribution in [0.4, 0.5) is 0 Å². The molecule has 7 nitrogen and oxygen atoms in total. The van der Waals surface area contributed by atoms with Crippen LogP contribution in [0, 0.1) is 0 Å². The standard InChI is InChI=1S/C21H28N2O5S/c1-2-12-23(29(25,26)20-10-4-3-5-11-20)17-21(24)22(15-18-8-6-13-27-18)16-19-9-7-14-28-19/h3-6,8,10-11,13,19H,2,7,9,12,14-17H2,1H3/t19-/m1/s1. The minimum absolute atomic E-state index is 0.0285. The Morgan fingerprint density at radius 2 is 1.97 bits per heavy atom. The number of ether oxygens (including phenoxy) is 1. The summed E-state index contributed by atoms with van der Waals surface area (Å²) in [5.41, 5.74) is 0. The molecule has 1 aromatic heterocycles. The molecule has 1 aromatic carbocycles. The quantitative estimate of drug-likeness (QED) is 0.590. The fourth-order valence-corrected chi connectivity index (χ4v) is 4.91. The summed E-state index contributed by atoms with van der Waals surface area (Å²) in [6.45, 7) is 3.36. The molecule has 8 heteroatoms. The lowest BCUT2D eigenvalue weighted by molar-refractivity contribution is -0.134. The van der Waals surface area contributed by atoms with Crippen molar-refractivity contribution in [2.45, 2.75) is 43.7 Å². The number of carbonyl (C=O) groups is 1. The van der Waals surface area contributed by atoms with E-state index < -0.39 is 10.0 Å². The van der Waals surface area contributed by atoms with Crippen LogP contribution in [-0.2, 0) is 26.1 Å². The highest BCUT2D eigenvalue weighted by molar-refractivity contribution is 7.89. The molecule has 3 rings (SSSR count). The summed E-state index contributed by atoms with van der Waals surface area (Å²) < 4.78 is 38.5. The minimum atomic E-state index is -3.75. The second-order valence-electron chi connectivity index (χ2n) is 7.14. The highest BCUT2D eigenvalue weighted by Crippen LogP contribution is 2.19. The van der Waals surface area contributed by atoms with Crippen molar-refractivity contribution >= 4 is 15.9 Å². The normalized spacial score (nSPS) is 17.0. The lowest BCUT2D eigenvalue weighted by atomic mass is 10.2. The van der Waals surface area contributed by atoms with Crippen molar-refractivity contribution in [3.8, 4) is 0 Å². The first kappa shape index (κ1) is 21.5. The number of nitrogens with zero attached hydrogens (tertiary/aromatic N) is 2. The third kappa shape index (κ3) is 5.68. The molecular weight excluding hydrogens is 392 g/mol. The van der Waals surface area contributed by atoms with Gasteiger partial charge in [-0.25, -0.2) is 8.42 Å². The van der Waals surface area contributed by atoms with E-state index in [0.29, 0.717) is 25.3 Å². The number of hydrogen-bond donors (Lipinski definition) is 0. The molecule has 1 atom stereocenters. The van der Waals surface area contributed by atoms with Gasteiger partial charge in [-0.05, 0) is 43.5 Å². The van der Waals surface area contributed by atoms with Gasteiger partial charge in [0, 0.05) is 19.7 Å². The van der Waals surface area contributed by atoms with Gasteiger partial charge in [0.15, 0.2) is 0 Å². The molecule has 1 aliphatic rings. The zero-order valence-electron chi connectivity index (χ0n) is 16.7. The molecule has 0 N–H and O–H groups in total. The number of carbonyl (C=O) groups excluding carboxylic acids is 1. The number of furan rings is 1. The second kappa shape index (κ2) is 10.0. The van der Waals surface area contributed by atoms with Crippen LogP contribution in [0.2, 0.25) is 0 Å². The molecule has 2 heterocycles. The molecule has 0 radical (unpaired) electrons. The lowest BCUT2D eigenvalue weighted by Crippen LogP contribution is -2.45. The van der Waals surface area contributed by atoms with E-state index in [1.165, 1.54) is 4.31 Å². The number of benzene rings is 1. The van der Waals surface area contributed by atoms with Crippen molar-refractivity contribution in [1.29, 1.82) is 0 Å². The fraction of sp³-hybridized carbons (Fsp3) is 0.476. The number of amides is 1. The molecule has 1 saturated heterocycles. The Kier molecular flexibility index (Phi) is 7.46. The fourth-order valence-electron chi connectivity index (χ4n) is 3.41. The average Bonchev–Trinajstić information content (AvgIpc) is 3.42. The maximum atomic E-state index is 13.1. The molecule has 1 amide bonds. The number of hydrogen-bond acceptors (Lipinski definition) is 5. The second-order valence-corrected chi connectivity index (χ2v) is 9.08. The van der Waals surface area contributed by atoms with Gasteiger partial charge < -0.3 is 14.1 Å². The maximum Gasteiger partial charge on any atom is 0.243 e. The van der Waals surface area contributed by atoms with Gasteiger partial charge >= 0.3 is 0 Å². The van der Waals surface area contributed by atoms with E-state index in [9.17, 15) is 13.2 Å². The molecule has 1 fully saturated rings. The van der Waals surface area contributed by atoms with Gasteiger partial charge in [0.1, 0.15) is 5.76 Å². The average molecular weight is 421 g/mol. The third-order valence-corrected chi connectivity index (χ3v) is 6.75. The van der Waals surface area contributed by atoms with E-state index in [1.54, 1.807) is 53.6 Å². The lowest BCUT2D eigenvalue weighted by Gasteiger charge is -2.28. The first-order chi connectivity index (χ1) is 14.0. The van der Waals surface area contributed by atoms with Crippen molar-refractivity contribution in [2.24, 2.45) is 0 Å². The summed E-state index contributed by atoms with van der Waals surface area (Å²) in [7, 11) is -3.75. The Labute approximate surface area is 172 Å². The van der Waals surface area contributed by atoms with Crippen LogP contribution in [0.15, 0.2) is 58.0 Å². The molecule has 0 spiro atoms. The summed E-state index contributed by atoms with van der Waals surface area (Å²) in [4.78, 5) is 15.0. The molecule has 0 bridgehead atoms. The van der Waals surface area contributed by atoms with E-state index in [2.05, 4.69) is 0 Å². The molecule has 0 saturated carbocycles. The smallest absolute Gasteiger partial charge is 0.243 e. The van der Waals surface area contributed by atoms with Gasteiger partial charge in [0.05, 0.1) is 30.4 Å². The van der Waals surface area contributed by atoms with E-state index in [0.717, 1.165) is 12.8 Å². The molecule has 2 aromatic rings. The predicted molar refractivity (Wildman–Crippen MR) is 109 cm³/mol. The van der Waals surface area contributed by atoms with E-state index in [1.807, 2.05) is 6.92 Å². The molecule has 0 aliphatic carbocycles. The van der Waals surface area contributed by atoms with Crippen LogP contribution < -0.4 is 0 Å². The monoisotopic (exact) mass is 420 g/mol. The van der Waals surface area contributed by atoms with Crippen LogP contribution >= 0.6 is 0 Å². The molecule has 29 heavy (non-hydrogen) atoms. The van der Waals surface area contributed by atoms with E-state index >= 15 is 0 Å². The zero-order valence-corrected chi connectivity index (χ0v) is 17.5. The first-order valence-electron chi connectivity index (χ1n) is 9.97. The van der Waals surface area contributed by atoms with Crippen LogP contribution in [0.1, 0.15) is 31.9 Å². The SMILES string of the molecule is CCCN(CC(=O)N(Cc1ccco1)C[C@H]1CCCO1)S(=O)(=O)c1ccccc1. The Bertz CT molecular complexity index is 862. The molecule has 1 aliphatic heterocycles. The van der Waals surface area contributed by atoms with Crippen LogP contribution in [0.5, 0.6) is 0 Å². The van der Waals surface area contributed by atoms with E-state index in [-0.39, 0.29) is 36.5 Å². The third-order valence-electron chi connectivity index (χ3n) is 4.89. The summed E-state index contributed by atoms with van der Waals surface area (Å²) in [5, 5.41) is 0. The molecule has 0 unspecified atom stereocenters. The van der Waals surface area contributed by atoms with Gasteiger partial charge in [0.2, 0.25) is 15.9 Å². The van der Waals surface area contributed by atoms with Gasteiger partial charge in [-0.3, -0.25) is 4.79 Å². The Hall–Kier alpha value is -2.16. The van der Waals surface area contributed by atoms with Crippen molar-refractivity contribution in [1.82, 2.24) is 9.21 Å². The summed E-state index contributed by atoms with van der Waals surface area (Å²) in [5.74, 6) is 0.397. The maximum absolute atomic E-state index is 13.1. The van der Waals surface area contributed by atoms with Gasteiger partial charge in [-0.1, -0.05) is 25.1 Å². The highest BCUT2D eigenvalue weighted by Gasteiger charge is 2.29. The Balaban J connectivity index is 1.77. The van der Waals surface area contributed by atoms with Gasteiger partial charge in [0.25, 0.3) is 0 Å². The number of sulfonamides is 1. The van der Waals surface area contributed by atoms with Crippen LogP contribution in [0.25, 0.3) is 0 Å². The first-order valence-corrected chi connectivity index (χ1v) is 11.4. The number of rotatable bonds is 10. The van der Waals surface area contributed by atoms with Crippen LogP contribution in [0.3, 0.4) is 0 Å². The summed E-state index contributed by atoms with van der Waals surface area (Å²) >= 11 is 0. The topological polar surface area (TPSA) is 80.1 Å². The van der Waals surface area contributed by atoms with Crippen molar-refractivity contribution in [2.75, 3.05) is 26.2 Å². The van der Waals surface area contributed by atoms with Crippen molar-refractivity contribution < 1.29 is 22.4 Å². The predicted octanol–water partition coefficient (Wildman–Crippen LogP) is 2.89. The summed E-state index contributed by atoms with van der Waals surface area (Å²) in [6, 6.07) is 11.8. The summed E-state index contributed by atoms with van der Waals surface area (Å²) in [6.07, 6.45) is 4.01. The zero-order chi connectivity index (χ0) is 20.7. The molecule has 158 valence electrons. The van der Waals surface area contributed by atoms with Crippen LogP contribution in [-0.4, -0.2) is 55.9 Å². The van der Waals surface area contributed by atoms with Crippen molar-refractivity contribution in [3.05, 3.63) is 54.5 Å². The van der Waals surface area contributed by atoms with Crippen molar-refractivity contribution in [3.63, 3.8) is 0 Å². The van der Waals surface area contributed by atoms with Gasteiger partial charge in [-0.15, -0.1) is 0 Å². The molecular formula is C21H28N2O5S. The highest BCUT2D eigenvalue weighted by atomic mass is 32.2. The largest absolute Gasteiger partial charge is 0.467 e. The minimum Gasteiger partial charge on any atom is -0.467 e. The van der Waals surface area contributed by atoms with E-state index in [4.69, 9.17) is 9.15 Å². The van der Waals surface area contributed by atoms with Gasteiger partial charge in [-0.2, -0.15) is 4.31 Å².